The van der Waals surface area contributed by atoms with Gasteiger partial charge >= 0.3 is 5.97 Å². The Morgan fingerprint density at radius 2 is 2.18 bits per heavy atom. The van der Waals surface area contributed by atoms with Crippen LogP contribution >= 0.6 is 0 Å². The van der Waals surface area contributed by atoms with Crippen LogP contribution in [0, 0.1) is 0 Å². The van der Waals surface area contributed by atoms with E-state index in [0.717, 1.165) is 0 Å². The summed E-state index contributed by atoms with van der Waals surface area (Å²) in [5.74, 6) is -1.17. The summed E-state index contributed by atoms with van der Waals surface area (Å²) in [6.45, 7) is 1.90. The van der Waals surface area contributed by atoms with Crippen molar-refractivity contribution in [2.24, 2.45) is 0 Å². The summed E-state index contributed by atoms with van der Waals surface area (Å²) in [6.07, 6.45) is 2.90. The molecule has 0 fully saturated rings. The van der Waals surface area contributed by atoms with Crippen LogP contribution in [0.15, 0.2) is 12.2 Å². The minimum absolute atomic E-state index is 0.0384. The molecular formula is C7H11NO3. The zero-order valence-electron chi connectivity index (χ0n) is 6.33. The van der Waals surface area contributed by atoms with Gasteiger partial charge < -0.3 is 10.4 Å². The molecule has 1 amide bonds. The van der Waals surface area contributed by atoms with E-state index < -0.39 is 5.97 Å². The van der Waals surface area contributed by atoms with Gasteiger partial charge in [0.05, 0.1) is 6.42 Å². The molecule has 2 N–H and O–H groups in total. The van der Waals surface area contributed by atoms with Crippen LogP contribution in [-0.4, -0.2) is 23.5 Å². The van der Waals surface area contributed by atoms with Crippen molar-refractivity contribution in [3.63, 3.8) is 0 Å². The van der Waals surface area contributed by atoms with E-state index in [4.69, 9.17) is 5.11 Å². The normalized spacial score (nSPS) is 9.91. The van der Waals surface area contributed by atoms with Crippen molar-refractivity contribution in [1.82, 2.24) is 5.32 Å². The highest BCUT2D eigenvalue weighted by molar-refractivity contribution is 5.87. The Kier molecular flexibility index (Phi) is 4.81. The summed E-state index contributed by atoms with van der Waals surface area (Å²) in [7, 11) is 0. The number of nitrogens with one attached hydrogen (secondary N) is 1. The standard InChI is InChI=1S/C7H11NO3/c1-2-3-6(9)8-5-4-7(10)11/h2-3H,4-5H2,1H3,(H,8,9)(H,10,11)/b3-2+. The van der Waals surface area contributed by atoms with Gasteiger partial charge in [-0.05, 0) is 13.0 Å². The first-order valence-electron chi connectivity index (χ1n) is 3.29. The second kappa shape index (κ2) is 5.46. The molecule has 0 saturated heterocycles. The van der Waals surface area contributed by atoms with Gasteiger partial charge in [-0.2, -0.15) is 0 Å². The first kappa shape index (κ1) is 9.68. The molecule has 0 rings (SSSR count). The molecule has 0 saturated carbocycles. The fourth-order valence-electron chi connectivity index (χ4n) is 0.503. The second-order valence-corrected chi connectivity index (χ2v) is 1.93. The molecule has 0 radical (unpaired) electrons. The number of rotatable bonds is 4. The van der Waals surface area contributed by atoms with Crippen molar-refractivity contribution in [3.05, 3.63) is 12.2 Å². The molecule has 0 unspecified atom stereocenters. The quantitative estimate of drug-likeness (QED) is 0.571. The maximum absolute atomic E-state index is 10.6. The number of allylic oxidation sites excluding steroid dienone is 1. The fourth-order valence-corrected chi connectivity index (χ4v) is 0.503. The summed E-state index contributed by atoms with van der Waals surface area (Å²) in [6, 6.07) is 0. The highest BCUT2D eigenvalue weighted by Gasteiger charge is 1.97. The molecule has 0 aromatic heterocycles. The van der Waals surface area contributed by atoms with Gasteiger partial charge in [-0.25, -0.2) is 0 Å². The van der Waals surface area contributed by atoms with Crippen molar-refractivity contribution in [2.45, 2.75) is 13.3 Å². The van der Waals surface area contributed by atoms with Crippen molar-refractivity contribution in [1.29, 1.82) is 0 Å². The molecule has 0 aliphatic heterocycles. The molecule has 0 aromatic rings. The van der Waals surface area contributed by atoms with E-state index in [1.807, 2.05) is 0 Å². The lowest BCUT2D eigenvalue weighted by atomic mass is 10.4. The molecule has 11 heavy (non-hydrogen) atoms. The lowest BCUT2D eigenvalue weighted by molar-refractivity contribution is -0.136. The van der Waals surface area contributed by atoms with Crippen LogP contribution in [0.2, 0.25) is 0 Å². The SMILES string of the molecule is C/C=C/C(=O)NCCC(=O)O. The summed E-state index contributed by atoms with van der Waals surface area (Å²) in [4.78, 5) is 20.6. The third-order valence-corrected chi connectivity index (χ3v) is 0.956. The van der Waals surface area contributed by atoms with Crippen LogP contribution in [0.4, 0.5) is 0 Å². The maximum Gasteiger partial charge on any atom is 0.305 e. The van der Waals surface area contributed by atoms with Crippen LogP contribution in [0.3, 0.4) is 0 Å². The molecule has 0 aliphatic rings. The highest BCUT2D eigenvalue weighted by atomic mass is 16.4. The summed E-state index contributed by atoms with van der Waals surface area (Å²) >= 11 is 0. The molecule has 0 heterocycles. The Hall–Kier alpha value is -1.32. The van der Waals surface area contributed by atoms with Gasteiger partial charge in [0.1, 0.15) is 0 Å². The van der Waals surface area contributed by atoms with Crippen LogP contribution in [0.1, 0.15) is 13.3 Å². The number of carboxylic acids is 1. The number of carbonyl (C=O) groups is 2. The van der Waals surface area contributed by atoms with Gasteiger partial charge in [0, 0.05) is 6.54 Å². The third-order valence-electron chi connectivity index (χ3n) is 0.956. The van der Waals surface area contributed by atoms with E-state index in [-0.39, 0.29) is 18.9 Å². The first-order valence-corrected chi connectivity index (χ1v) is 3.29. The Labute approximate surface area is 64.9 Å². The summed E-state index contributed by atoms with van der Waals surface area (Å²) < 4.78 is 0. The van der Waals surface area contributed by atoms with Gasteiger partial charge in [-0.3, -0.25) is 9.59 Å². The Bertz CT molecular complexity index is 175. The van der Waals surface area contributed by atoms with Gasteiger partial charge in [0.25, 0.3) is 0 Å². The Morgan fingerprint density at radius 1 is 1.55 bits per heavy atom. The van der Waals surface area contributed by atoms with E-state index in [9.17, 15) is 9.59 Å². The number of hydrogen-bond donors (Lipinski definition) is 2. The summed E-state index contributed by atoms with van der Waals surface area (Å²) in [5.41, 5.74) is 0. The van der Waals surface area contributed by atoms with Gasteiger partial charge in [0.2, 0.25) is 5.91 Å². The average Bonchev–Trinajstić information content (AvgIpc) is 1.87. The zero-order valence-corrected chi connectivity index (χ0v) is 6.33. The monoisotopic (exact) mass is 157 g/mol. The first-order chi connectivity index (χ1) is 5.16. The number of aliphatic carboxylic acids is 1. The maximum atomic E-state index is 10.6. The van der Waals surface area contributed by atoms with Gasteiger partial charge in [0.15, 0.2) is 0 Å². The molecule has 0 bridgehead atoms. The second-order valence-electron chi connectivity index (χ2n) is 1.93. The number of hydrogen-bond acceptors (Lipinski definition) is 2. The minimum Gasteiger partial charge on any atom is -0.481 e. The molecule has 4 heteroatoms. The predicted octanol–water partition coefficient (Wildman–Crippen LogP) is 0.153. The summed E-state index contributed by atoms with van der Waals surface area (Å²) in [5, 5.41) is 10.6. The molecular weight excluding hydrogens is 146 g/mol. The number of carboxylic acid groups (broad SMARTS) is 1. The number of amides is 1. The third kappa shape index (κ3) is 6.57. The largest absolute Gasteiger partial charge is 0.481 e. The van der Waals surface area contributed by atoms with Crippen LogP contribution < -0.4 is 5.32 Å². The Morgan fingerprint density at radius 3 is 2.64 bits per heavy atom. The van der Waals surface area contributed by atoms with E-state index >= 15 is 0 Å². The predicted molar refractivity (Wildman–Crippen MR) is 40.1 cm³/mol. The average molecular weight is 157 g/mol. The molecule has 0 atom stereocenters. The lowest BCUT2D eigenvalue weighted by Gasteiger charge is -1.96. The van der Waals surface area contributed by atoms with Crippen molar-refractivity contribution in [3.8, 4) is 0 Å². The van der Waals surface area contributed by atoms with Crippen LogP contribution in [0.5, 0.6) is 0 Å². The fraction of sp³-hybridized carbons (Fsp3) is 0.429. The van der Waals surface area contributed by atoms with Crippen molar-refractivity contribution >= 4 is 11.9 Å². The topological polar surface area (TPSA) is 66.4 Å². The smallest absolute Gasteiger partial charge is 0.305 e. The van der Waals surface area contributed by atoms with Crippen LogP contribution in [0.25, 0.3) is 0 Å². The zero-order chi connectivity index (χ0) is 8.69. The molecule has 62 valence electrons. The molecule has 4 nitrogen and oxygen atoms in total. The number of carbonyl (C=O) groups excluding carboxylic acids is 1. The molecule has 0 spiro atoms. The van der Waals surface area contributed by atoms with E-state index in [1.165, 1.54) is 6.08 Å². The molecule has 0 aliphatic carbocycles. The Balaban J connectivity index is 3.39. The lowest BCUT2D eigenvalue weighted by Crippen LogP contribution is -2.23. The molecule has 0 aromatic carbocycles. The van der Waals surface area contributed by atoms with Gasteiger partial charge in [-0.15, -0.1) is 0 Å². The highest BCUT2D eigenvalue weighted by Crippen LogP contribution is 1.76. The van der Waals surface area contributed by atoms with E-state index in [0.29, 0.717) is 0 Å². The van der Waals surface area contributed by atoms with Crippen molar-refractivity contribution in [2.75, 3.05) is 6.54 Å². The van der Waals surface area contributed by atoms with Gasteiger partial charge in [-0.1, -0.05) is 6.08 Å². The van der Waals surface area contributed by atoms with E-state index in [1.54, 1.807) is 13.0 Å². The minimum atomic E-state index is -0.911. The van der Waals surface area contributed by atoms with Crippen molar-refractivity contribution < 1.29 is 14.7 Å². The van der Waals surface area contributed by atoms with E-state index in [2.05, 4.69) is 5.32 Å². The van der Waals surface area contributed by atoms with Crippen LogP contribution in [-0.2, 0) is 9.59 Å².